The van der Waals surface area contributed by atoms with Crippen LogP contribution in [0.3, 0.4) is 0 Å². The molecular weight excluding hydrogens is 341 g/mol. The predicted octanol–water partition coefficient (Wildman–Crippen LogP) is 5.45. The molecule has 1 nitrogen and oxygen atoms in total. The van der Waals surface area contributed by atoms with Crippen LogP contribution >= 0.6 is 50.9 Å². The van der Waals surface area contributed by atoms with Gasteiger partial charge in [-0.25, -0.2) is 0 Å². The van der Waals surface area contributed by atoms with Crippen LogP contribution in [0.5, 0.6) is 0 Å². The Morgan fingerprint density at radius 1 is 1.35 bits per heavy atom. The molecule has 94 valence electrons. The first-order chi connectivity index (χ1) is 8.06. The van der Waals surface area contributed by atoms with Gasteiger partial charge in [-0.15, -0.1) is 0 Å². The third kappa shape index (κ3) is 3.06. The SMILES string of the molecule is CSC1(CNc2c(Cl)cc(Br)cc2Cl)CCC1. The van der Waals surface area contributed by atoms with E-state index in [0.29, 0.717) is 14.8 Å². The molecule has 0 aromatic heterocycles. The van der Waals surface area contributed by atoms with Crippen molar-refractivity contribution in [3.05, 3.63) is 26.7 Å². The second-order valence-electron chi connectivity index (χ2n) is 4.34. The Hall–Kier alpha value is 0.430. The summed E-state index contributed by atoms with van der Waals surface area (Å²) in [6.07, 6.45) is 6.04. The molecule has 2 rings (SSSR count). The van der Waals surface area contributed by atoms with Crippen molar-refractivity contribution < 1.29 is 0 Å². The molecule has 1 saturated carbocycles. The predicted molar refractivity (Wildman–Crippen MR) is 82.7 cm³/mol. The lowest BCUT2D eigenvalue weighted by Gasteiger charge is -2.40. The van der Waals surface area contributed by atoms with Gasteiger partial charge in [0.15, 0.2) is 0 Å². The highest BCUT2D eigenvalue weighted by Crippen LogP contribution is 2.43. The van der Waals surface area contributed by atoms with Gasteiger partial charge in [-0.05, 0) is 31.2 Å². The fourth-order valence-electron chi connectivity index (χ4n) is 1.98. The molecule has 0 saturated heterocycles. The van der Waals surface area contributed by atoms with Crippen LogP contribution in [-0.2, 0) is 0 Å². The highest BCUT2D eigenvalue weighted by molar-refractivity contribution is 9.10. The topological polar surface area (TPSA) is 12.0 Å². The highest BCUT2D eigenvalue weighted by atomic mass is 79.9. The van der Waals surface area contributed by atoms with Crippen LogP contribution in [0.4, 0.5) is 5.69 Å². The summed E-state index contributed by atoms with van der Waals surface area (Å²) in [5.74, 6) is 0. The van der Waals surface area contributed by atoms with E-state index in [1.807, 2.05) is 23.9 Å². The molecule has 1 aromatic carbocycles. The lowest BCUT2D eigenvalue weighted by molar-refractivity contribution is 0.380. The molecule has 1 fully saturated rings. The number of hydrogen-bond donors (Lipinski definition) is 1. The summed E-state index contributed by atoms with van der Waals surface area (Å²) >= 11 is 17.7. The summed E-state index contributed by atoms with van der Waals surface area (Å²) < 4.78 is 1.28. The van der Waals surface area contributed by atoms with E-state index in [9.17, 15) is 0 Å². The van der Waals surface area contributed by atoms with Crippen molar-refractivity contribution in [3.63, 3.8) is 0 Å². The lowest BCUT2D eigenvalue weighted by Crippen LogP contribution is -2.40. The Kier molecular flexibility index (Phi) is 4.56. The molecule has 0 spiro atoms. The van der Waals surface area contributed by atoms with E-state index < -0.39 is 0 Å². The minimum absolute atomic E-state index is 0.375. The summed E-state index contributed by atoms with van der Waals surface area (Å²) in [6, 6.07) is 3.73. The van der Waals surface area contributed by atoms with Crippen LogP contribution in [0, 0.1) is 0 Å². The second kappa shape index (κ2) is 5.60. The quantitative estimate of drug-likeness (QED) is 0.771. The minimum Gasteiger partial charge on any atom is -0.381 e. The van der Waals surface area contributed by atoms with Crippen molar-refractivity contribution in [1.82, 2.24) is 0 Å². The molecule has 1 N–H and O–H groups in total. The summed E-state index contributed by atoms with van der Waals surface area (Å²) in [6.45, 7) is 0.926. The normalized spacial score (nSPS) is 17.6. The van der Waals surface area contributed by atoms with Gasteiger partial charge in [0.25, 0.3) is 0 Å². The van der Waals surface area contributed by atoms with E-state index in [-0.39, 0.29) is 0 Å². The zero-order chi connectivity index (χ0) is 12.5. The number of benzene rings is 1. The summed E-state index contributed by atoms with van der Waals surface area (Å²) in [5.41, 5.74) is 0.844. The van der Waals surface area contributed by atoms with Crippen LogP contribution in [0.2, 0.25) is 10.0 Å². The van der Waals surface area contributed by atoms with Crippen LogP contribution in [-0.4, -0.2) is 17.5 Å². The molecule has 1 aromatic rings. The van der Waals surface area contributed by atoms with E-state index in [4.69, 9.17) is 23.2 Å². The molecule has 1 aliphatic carbocycles. The van der Waals surface area contributed by atoms with Crippen molar-refractivity contribution in [3.8, 4) is 0 Å². The zero-order valence-electron chi connectivity index (χ0n) is 9.53. The first-order valence-electron chi connectivity index (χ1n) is 5.50. The average Bonchev–Trinajstić information content (AvgIpc) is 2.19. The number of hydrogen-bond acceptors (Lipinski definition) is 2. The van der Waals surface area contributed by atoms with Gasteiger partial charge >= 0.3 is 0 Å². The first kappa shape index (κ1) is 13.9. The maximum absolute atomic E-state index is 6.18. The fraction of sp³-hybridized carbons (Fsp3) is 0.500. The Morgan fingerprint density at radius 3 is 2.35 bits per heavy atom. The highest BCUT2D eigenvalue weighted by Gasteiger charge is 2.36. The number of anilines is 1. The van der Waals surface area contributed by atoms with Crippen molar-refractivity contribution in [2.45, 2.75) is 24.0 Å². The zero-order valence-corrected chi connectivity index (χ0v) is 13.4. The average molecular weight is 355 g/mol. The van der Waals surface area contributed by atoms with Gasteiger partial charge in [0, 0.05) is 15.8 Å². The maximum atomic E-state index is 6.18. The molecule has 0 amide bonds. The standard InChI is InChI=1S/C12H14BrCl2NS/c1-17-12(3-2-4-12)7-16-11-9(14)5-8(13)6-10(11)15/h5-6,16H,2-4,7H2,1H3. The molecule has 0 unspecified atom stereocenters. The molecule has 0 atom stereocenters. The van der Waals surface area contributed by atoms with E-state index >= 15 is 0 Å². The van der Waals surface area contributed by atoms with Gasteiger partial charge in [-0.2, -0.15) is 11.8 Å². The van der Waals surface area contributed by atoms with Crippen molar-refractivity contribution in [2.24, 2.45) is 0 Å². The number of nitrogens with one attached hydrogen (secondary N) is 1. The Bertz CT molecular complexity index is 392. The molecule has 0 heterocycles. The summed E-state index contributed by atoms with van der Waals surface area (Å²) in [7, 11) is 0. The first-order valence-corrected chi connectivity index (χ1v) is 8.27. The summed E-state index contributed by atoms with van der Waals surface area (Å²) in [5, 5.41) is 4.73. The van der Waals surface area contributed by atoms with Crippen LogP contribution < -0.4 is 5.32 Å². The minimum atomic E-state index is 0.375. The molecule has 0 bridgehead atoms. The Labute approximate surface area is 125 Å². The van der Waals surface area contributed by atoms with Gasteiger partial charge in [-0.1, -0.05) is 45.6 Å². The molecule has 0 aliphatic heterocycles. The van der Waals surface area contributed by atoms with Gasteiger partial charge in [0.05, 0.1) is 15.7 Å². The smallest absolute Gasteiger partial charge is 0.0720 e. The van der Waals surface area contributed by atoms with Gasteiger partial charge in [0.1, 0.15) is 0 Å². The lowest BCUT2D eigenvalue weighted by atomic mass is 9.84. The molecule has 5 heteroatoms. The third-order valence-corrected chi connectivity index (χ3v) is 5.76. The molecule has 1 aliphatic rings. The number of rotatable bonds is 4. The molecular formula is C12H14BrCl2NS. The Morgan fingerprint density at radius 2 is 1.94 bits per heavy atom. The fourth-order valence-corrected chi connectivity index (χ4v) is 4.24. The van der Waals surface area contributed by atoms with Crippen molar-refractivity contribution in [2.75, 3.05) is 18.1 Å². The summed E-state index contributed by atoms with van der Waals surface area (Å²) in [4.78, 5) is 0. The third-order valence-electron chi connectivity index (χ3n) is 3.29. The van der Waals surface area contributed by atoms with E-state index in [0.717, 1.165) is 16.7 Å². The van der Waals surface area contributed by atoms with E-state index in [2.05, 4.69) is 27.5 Å². The van der Waals surface area contributed by atoms with Crippen molar-refractivity contribution >= 4 is 56.6 Å². The molecule has 17 heavy (non-hydrogen) atoms. The maximum Gasteiger partial charge on any atom is 0.0720 e. The molecule has 0 radical (unpaired) electrons. The van der Waals surface area contributed by atoms with Crippen molar-refractivity contribution in [1.29, 1.82) is 0 Å². The number of halogens is 3. The van der Waals surface area contributed by atoms with Gasteiger partial charge in [0.2, 0.25) is 0 Å². The van der Waals surface area contributed by atoms with Crippen LogP contribution in [0.15, 0.2) is 16.6 Å². The van der Waals surface area contributed by atoms with Gasteiger partial charge in [-0.3, -0.25) is 0 Å². The number of thioether (sulfide) groups is 1. The van der Waals surface area contributed by atoms with E-state index in [1.54, 1.807) is 0 Å². The second-order valence-corrected chi connectivity index (χ2v) is 7.34. The van der Waals surface area contributed by atoms with Crippen LogP contribution in [0.25, 0.3) is 0 Å². The monoisotopic (exact) mass is 353 g/mol. The Balaban J connectivity index is 2.09. The largest absolute Gasteiger partial charge is 0.381 e. The van der Waals surface area contributed by atoms with E-state index in [1.165, 1.54) is 19.3 Å². The van der Waals surface area contributed by atoms with Gasteiger partial charge < -0.3 is 5.32 Å². The van der Waals surface area contributed by atoms with Crippen LogP contribution in [0.1, 0.15) is 19.3 Å².